The molecule has 1 aliphatic heterocycles. The van der Waals surface area contributed by atoms with Crippen LogP contribution in [0.5, 0.6) is 0 Å². The fourth-order valence-corrected chi connectivity index (χ4v) is 2.34. The maximum absolute atomic E-state index is 5.98. The van der Waals surface area contributed by atoms with E-state index in [0.29, 0.717) is 13.2 Å². The Morgan fingerprint density at radius 3 is 3.17 bits per heavy atom. The number of alkyl halides is 1. The fraction of sp³-hybridized carbons (Fsp3) is 0.308. The zero-order chi connectivity index (χ0) is 12.4. The summed E-state index contributed by atoms with van der Waals surface area (Å²) in [6.07, 6.45) is 1.80. The zero-order valence-electron chi connectivity index (χ0n) is 9.84. The standard InChI is InChI=1S/C13H14ClN3O/c14-13-9-17(7-8-18-13)16-12-5-1-4-11-10(12)3-2-6-15-11/h1-6,13,16H,7-9H2. The van der Waals surface area contributed by atoms with E-state index in [1.165, 1.54) is 0 Å². The molecule has 1 fully saturated rings. The van der Waals surface area contributed by atoms with Gasteiger partial charge in [0.2, 0.25) is 0 Å². The Hall–Kier alpha value is -1.36. The van der Waals surface area contributed by atoms with Crippen LogP contribution >= 0.6 is 11.6 Å². The lowest BCUT2D eigenvalue weighted by Crippen LogP contribution is -2.43. The minimum Gasteiger partial charge on any atom is -0.360 e. The third-order valence-electron chi connectivity index (χ3n) is 2.95. The molecular weight excluding hydrogens is 250 g/mol. The average molecular weight is 264 g/mol. The molecule has 1 N–H and O–H groups in total. The van der Waals surface area contributed by atoms with Gasteiger partial charge in [0.05, 0.1) is 24.4 Å². The van der Waals surface area contributed by atoms with Crippen LogP contribution in [0, 0.1) is 0 Å². The van der Waals surface area contributed by atoms with Crippen LogP contribution in [0.1, 0.15) is 0 Å². The number of morpholine rings is 1. The van der Waals surface area contributed by atoms with Crippen molar-refractivity contribution < 1.29 is 4.74 Å². The van der Waals surface area contributed by atoms with Crippen LogP contribution in [0.4, 0.5) is 5.69 Å². The maximum Gasteiger partial charge on any atom is 0.145 e. The number of hydrogen-bond donors (Lipinski definition) is 1. The number of hydrazine groups is 1. The molecule has 1 saturated heterocycles. The van der Waals surface area contributed by atoms with Gasteiger partial charge in [0.15, 0.2) is 0 Å². The Labute approximate surface area is 110 Å². The van der Waals surface area contributed by atoms with Crippen LogP contribution in [0.3, 0.4) is 0 Å². The Kier molecular flexibility index (Phi) is 3.32. The third kappa shape index (κ3) is 2.41. The Morgan fingerprint density at radius 2 is 2.28 bits per heavy atom. The van der Waals surface area contributed by atoms with Crippen LogP contribution in [0.2, 0.25) is 0 Å². The largest absolute Gasteiger partial charge is 0.360 e. The van der Waals surface area contributed by atoms with Crippen LogP contribution in [-0.2, 0) is 4.74 Å². The number of aromatic nitrogens is 1. The van der Waals surface area contributed by atoms with Crippen molar-refractivity contribution in [3.8, 4) is 0 Å². The highest BCUT2D eigenvalue weighted by Gasteiger charge is 2.18. The van der Waals surface area contributed by atoms with Gasteiger partial charge in [0.25, 0.3) is 0 Å². The van der Waals surface area contributed by atoms with Gasteiger partial charge in [-0.2, -0.15) is 0 Å². The molecule has 1 aromatic carbocycles. The summed E-state index contributed by atoms with van der Waals surface area (Å²) in [5.41, 5.74) is 5.16. The van der Waals surface area contributed by atoms with E-state index in [0.717, 1.165) is 23.1 Å². The maximum atomic E-state index is 5.98. The Morgan fingerprint density at radius 1 is 1.33 bits per heavy atom. The highest BCUT2D eigenvalue weighted by atomic mass is 35.5. The van der Waals surface area contributed by atoms with E-state index in [2.05, 4.69) is 21.5 Å². The molecule has 0 bridgehead atoms. The summed E-state index contributed by atoms with van der Waals surface area (Å²) >= 11 is 5.98. The molecular formula is C13H14ClN3O. The summed E-state index contributed by atoms with van der Waals surface area (Å²) in [4.78, 5) is 4.34. The third-order valence-corrected chi connectivity index (χ3v) is 3.21. The smallest absolute Gasteiger partial charge is 0.145 e. The first-order valence-electron chi connectivity index (χ1n) is 5.94. The summed E-state index contributed by atoms with van der Waals surface area (Å²) in [5.74, 6) is 0. The monoisotopic (exact) mass is 263 g/mol. The van der Waals surface area contributed by atoms with Gasteiger partial charge in [-0.3, -0.25) is 4.98 Å². The lowest BCUT2D eigenvalue weighted by Gasteiger charge is -2.31. The number of hydrogen-bond acceptors (Lipinski definition) is 4. The number of pyridine rings is 1. The minimum atomic E-state index is -0.251. The van der Waals surface area contributed by atoms with E-state index in [9.17, 15) is 0 Å². The zero-order valence-corrected chi connectivity index (χ0v) is 10.6. The summed E-state index contributed by atoms with van der Waals surface area (Å²) in [5, 5.41) is 3.18. The summed E-state index contributed by atoms with van der Waals surface area (Å²) in [6, 6.07) is 10.0. The molecule has 1 aliphatic rings. The highest BCUT2D eigenvalue weighted by molar-refractivity contribution is 6.19. The van der Waals surface area contributed by atoms with E-state index in [4.69, 9.17) is 16.3 Å². The number of halogens is 1. The van der Waals surface area contributed by atoms with Crippen molar-refractivity contribution in [1.29, 1.82) is 0 Å². The number of nitrogens with one attached hydrogen (secondary N) is 1. The number of benzene rings is 1. The van der Waals surface area contributed by atoms with Crippen molar-refractivity contribution in [3.63, 3.8) is 0 Å². The van der Waals surface area contributed by atoms with Crippen molar-refractivity contribution in [2.45, 2.75) is 5.56 Å². The molecule has 0 amide bonds. The first-order valence-corrected chi connectivity index (χ1v) is 6.37. The Bertz CT molecular complexity index is 543. The molecule has 4 nitrogen and oxygen atoms in total. The highest BCUT2D eigenvalue weighted by Crippen LogP contribution is 2.22. The second-order valence-electron chi connectivity index (χ2n) is 4.21. The van der Waals surface area contributed by atoms with E-state index < -0.39 is 0 Å². The van der Waals surface area contributed by atoms with Crippen molar-refractivity contribution in [3.05, 3.63) is 36.5 Å². The molecule has 94 valence electrons. The lowest BCUT2D eigenvalue weighted by atomic mass is 10.2. The molecule has 1 atom stereocenters. The van der Waals surface area contributed by atoms with E-state index in [1.807, 2.05) is 24.3 Å². The predicted molar refractivity (Wildman–Crippen MR) is 72.5 cm³/mol. The molecule has 5 heteroatoms. The number of nitrogens with zero attached hydrogens (tertiary/aromatic N) is 2. The molecule has 18 heavy (non-hydrogen) atoms. The normalized spacial score (nSPS) is 21.1. The van der Waals surface area contributed by atoms with Crippen molar-refractivity contribution >= 4 is 28.2 Å². The van der Waals surface area contributed by atoms with Gasteiger partial charge in [-0.15, -0.1) is 0 Å². The molecule has 2 heterocycles. The van der Waals surface area contributed by atoms with Gasteiger partial charge in [0.1, 0.15) is 5.56 Å². The number of fused-ring (bicyclic) bond motifs is 1. The second kappa shape index (κ2) is 5.10. The van der Waals surface area contributed by atoms with Gasteiger partial charge < -0.3 is 10.2 Å². The van der Waals surface area contributed by atoms with Crippen molar-refractivity contribution in [2.24, 2.45) is 0 Å². The molecule has 1 aromatic heterocycles. The van der Waals surface area contributed by atoms with Gasteiger partial charge in [-0.1, -0.05) is 17.7 Å². The molecule has 0 aliphatic carbocycles. The lowest BCUT2D eigenvalue weighted by molar-refractivity contribution is 0.0248. The summed E-state index contributed by atoms with van der Waals surface area (Å²) in [6.45, 7) is 2.13. The van der Waals surface area contributed by atoms with Crippen molar-refractivity contribution in [1.82, 2.24) is 9.99 Å². The Balaban J connectivity index is 1.86. The minimum absolute atomic E-state index is 0.251. The average Bonchev–Trinajstić information content (AvgIpc) is 2.39. The number of rotatable bonds is 2. The van der Waals surface area contributed by atoms with Crippen molar-refractivity contribution in [2.75, 3.05) is 25.1 Å². The SMILES string of the molecule is ClC1CN(Nc2cccc3ncccc23)CCO1. The number of anilines is 1. The second-order valence-corrected chi connectivity index (χ2v) is 4.70. The summed E-state index contributed by atoms with van der Waals surface area (Å²) in [7, 11) is 0. The van der Waals surface area contributed by atoms with Crippen LogP contribution in [0.25, 0.3) is 10.9 Å². The molecule has 2 aromatic rings. The number of ether oxygens (including phenoxy) is 1. The predicted octanol–water partition coefficient (Wildman–Crippen LogP) is 2.46. The molecule has 0 spiro atoms. The van der Waals surface area contributed by atoms with Gasteiger partial charge in [-0.25, -0.2) is 5.01 Å². The molecule has 3 rings (SSSR count). The first kappa shape index (κ1) is 11.7. The van der Waals surface area contributed by atoms with Gasteiger partial charge in [-0.05, 0) is 24.3 Å². The topological polar surface area (TPSA) is 37.4 Å². The van der Waals surface area contributed by atoms with E-state index in [1.54, 1.807) is 6.20 Å². The van der Waals surface area contributed by atoms with Gasteiger partial charge in [0, 0.05) is 18.1 Å². The first-order chi connectivity index (χ1) is 8.83. The summed E-state index contributed by atoms with van der Waals surface area (Å²) < 4.78 is 5.30. The van der Waals surface area contributed by atoms with Crippen LogP contribution < -0.4 is 5.43 Å². The molecule has 1 unspecified atom stereocenters. The van der Waals surface area contributed by atoms with E-state index in [-0.39, 0.29) is 5.56 Å². The van der Waals surface area contributed by atoms with Crippen LogP contribution in [-0.4, -0.2) is 35.3 Å². The fourth-order valence-electron chi connectivity index (χ4n) is 2.08. The molecule has 0 saturated carbocycles. The van der Waals surface area contributed by atoms with E-state index >= 15 is 0 Å². The quantitative estimate of drug-likeness (QED) is 0.845. The molecule has 0 radical (unpaired) electrons. The van der Waals surface area contributed by atoms with Gasteiger partial charge >= 0.3 is 0 Å². The van der Waals surface area contributed by atoms with Crippen LogP contribution in [0.15, 0.2) is 36.5 Å².